The lowest BCUT2D eigenvalue weighted by atomic mass is 10.1. The summed E-state index contributed by atoms with van der Waals surface area (Å²) in [7, 11) is 0. The summed E-state index contributed by atoms with van der Waals surface area (Å²) in [6.07, 6.45) is 1.71. The fraction of sp³-hybridized carbons (Fsp3) is 0.0435. The Kier molecular flexibility index (Phi) is 6.27. The first-order valence-corrected chi connectivity index (χ1v) is 10.3. The quantitative estimate of drug-likeness (QED) is 0.317. The molecule has 0 radical (unpaired) electrons. The normalized spacial score (nSPS) is 15.7. The minimum atomic E-state index is -0.454. The zero-order valence-corrected chi connectivity index (χ0v) is 17.3. The number of hydrogen-bond donors (Lipinski definition) is 1. The average molecular weight is 449 g/mol. The van der Waals surface area contributed by atoms with E-state index in [2.05, 4.69) is 10.3 Å². The number of ether oxygens (including phenoxy) is 1. The first kappa shape index (κ1) is 21.3. The number of para-hydroxylation sites is 1. The molecule has 0 atom stereocenters. The van der Waals surface area contributed by atoms with Crippen molar-refractivity contribution in [1.29, 1.82) is 0 Å². The first-order chi connectivity index (χ1) is 15.5. The van der Waals surface area contributed by atoms with E-state index in [9.17, 15) is 19.3 Å². The number of nitro groups is 1. The number of aliphatic imine (C=N–C) groups is 1. The van der Waals surface area contributed by atoms with E-state index in [0.717, 1.165) is 5.56 Å². The molecule has 0 bridgehead atoms. The molecule has 1 aliphatic rings. The van der Waals surface area contributed by atoms with Crippen molar-refractivity contribution in [3.05, 3.63) is 105 Å². The third-order valence-electron chi connectivity index (χ3n) is 4.46. The number of rotatable bonds is 6. The first-order valence-electron chi connectivity index (χ1n) is 9.48. The van der Waals surface area contributed by atoms with Crippen molar-refractivity contribution in [3.8, 4) is 5.75 Å². The zero-order valence-electron chi connectivity index (χ0n) is 16.5. The summed E-state index contributed by atoms with van der Waals surface area (Å²) in [5.74, 6) is -0.0836. The highest BCUT2D eigenvalue weighted by Gasteiger charge is 2.24. The van der Waals surface area contributed by atoms with Gasteiger partial charge >= 0.3 is 0 Å². The van der Waals surface area contributed by atoms with Crippen LogP contribution in [0.5, 0.6) is 5.75 Å². The lowest BCUT2D eigenvalue weighted by Gasteiger charge is -2.09. The number of non-ortho nitro benzene ring substituents is 1. The van der Waals surface area contributed by atoms with E-state index in [1.807, 2.05) is 18.2 Å². The number of nitro benzene ring substituents is 1. The van der Waals surface area contributed by atoms with E-state index in [1.165, 1.54) is 48.2 Å². The molecule has 1 N–H and O–H groups in total. The average Bonchev–Trinajstić information content (AvgIpc) is 3.13. The topological polar surface area (TPSA) is 93.8 Å². The van der Waals surface area contributed by atoms with Crippen LogP contribution in [-0.4, -0.2) is 16.0 Å². The van der Waals surface area contributed by atoms with Crippen molar-refractivity contribution in [2.45, 2.75) is 6.61 Å². The number of nitrogens with zero attached hydrogens (tertiary/aromatic N) is 2. The van der Waals surface area contributed by atoms with Crippen LogP contribution in [0.25, 0.3) is 6.08 Å². The van der Waals surface area contributed by atoms with Crippen LogP contribution in [0.4, 0.5) is 15.8 Å². The number of amidine groups is 1. The fourth-order valence-electron chi connectivity index (χ4n) is 2.86. The molecule has 9 heteroatoms. The van der Waals surface area contributed by atoms with Gasteiger partial charge in [-0.3, -0.25) is 14.9 Å². The van der Waals surface area contributed by atoms with Gasteiger partial charge in [-0.05, 0) is 65.9 Å². The molecular formula is C23H16FN3O4S. The third-order valence-corrected chi connectivity index (χ3v) is 5.37. The highest BCUT2D eigenvalue weighted by molar-refractivity contribution is 8.18. The molecule has 0 aliphatic carbocycles. The van der Waals surface area contributed by atoms with Crippen LogP contribution in [0.3, 0.4) is 0 Å². The highest BCUT2D eigenvalue weighted by atomic mass is 32.2. The van der Waals surface area contributed by atoms with Crippen LogP contribution in [0, 0.1) is 15.9 Å². The minimum Gasteiger partial charge on any atom is -0.488 e. The maximum absolute atomic E-state index is 13.1. The number of nitrogens with one attached hydrogen (secondary N) is 1. The van der Waals surface area contributed by atoms with Crippen molar-refractivity contribution in [2.75, 3.05) is 0 Å². The summed E-state index contributed by atoms with van der Waals surface area (Å²) in [6, 6.07) is 19.0. The lowest BCUT2D eigenvalue weighted by molar-refractivity contribution is -0.384. The van der Waals surface area contributed by atoms with Crippen LogP contribution in [0.15, 0.2) is 82.7 Å². The lowest BCUT2D eigenvalue weighted by Crippen LogP contribution is -2.19. The van der Waals surface area contributed by atoms with Crippen LogP contribution >= 0.6 is 11.8 Å². The Bertz CT molecular complexity index is 1220. The molecule has 3 aromatic rings. The molecule has 7 nitrogen and oxygen atoms in total. The van der Waals surface area contributed by atoms with Gasteiger partial charge in [0, 0.05) is 17.7 Å². The number of hydrogen-bond acceptors (Lipinski definition) is 6. The molecule has 1 amide bonds. The smallest absolute Gasteiger partial charge is 0.269 e. The van der Waals surface area contributed by atoms with Crippen LogP contribution in [0.1, 0.15) is 11.1 Å². The van der Waals surface area contributed by atoms with Gasteiger partial charge in [-0.25, -0.2) is 9.38 Å². The second kappa shape index (κ2) is 9.44. The number of benzene rings is 3. The Morgan fingerprint density at radius 1 is 1.06 bits per heavy atom. The number of carbonyl (C=O) groups is 1. The van der Waals surface area contributed by atoms with Gasteiger partial charge in [0.2, 0.25) is 0 Å². The van der Waals surface area contributed by atoms with Crippen molar-refractivity contribution in [3.63, 3.8) is 0 Å². The molecule has 1 aliphatic heterocycles. The Labute approximate surface area is 186 Å². The van der Waals surface area contributed by atoms with Gasteiger partial charge in [0.05, 0.1) is 15.5 Å². The summed E-state index contributed by atoms with van der Waals surface area (Å²) in [5, 5.41) is 13.9. The van der Waals surface area contributed by atoms with Crippen LogP contribution in [0.2, 0.25) is 0 Å². The molecule has 0 aromatic heterocycles. The number of carbonyl (C=O) groups excluding carboxylic acids is 1. The maximum Gasteiger partial charge on any atom is 0.269 e. The molecule has 0 unspecified atom stereocenters. The second-order valence-electron chi connectivity index (χ2n) is 6.71. The number of amides is 1. The Morgan fingerprint density at radius 2 is 1.78 bits per heavy atom. The molecule has 0 saturated carbocycles. The Balaban J connectivity index is 1.49. The van der Waals surface area contributed by atoms with Crippen molar-refractivity contribution in [1.82, 2.24) is 5.32 Å². The monoisotopic (exact) mass is 449 g/mol. The van der Waals surface area contributed by atoms with E-state index in [1.54, 1.807) is 24.3 Å². The van der Waals surface area contributed by atoms with E-state index >= 15 is 0 Å². The summed E-state index contributed by atoms with van der Waals surface area (Å²) < 4.78 is 18.9. The molecule has 32 heavy (non-hydrogen) atoms. The SMILES string of the molecule is O=C1NC(=Nc2ccc(F)cc2)S/C1=C/c1ccccc1OCc1ccc([N+](=O)[O-])cc1. The number of thioether (sulfide) groups is 1. The van der Waals surface area contributed by atoms with E-state index < -0.39 is 4.92 Å². The Morgan fingerprint density at radius 3 is 2.50 bits per heavy atom. The summed E-state index contributed by atoms with van der Waals surface area (Å²) in [6.45, 7) is 0.217. The van der Waals surface area contributed by atoms with E-state index in [-0.39, 0.29) is 24.0 Å². The van der Waals surface area contributed by atoms with E-state index in [0.29, 0.717) is 27.1 Å². The van der Waals surface area contributed by atoms with Gasteiger partial charge in [-0.15, -0.1) is 0 Å². The van der Waals surface area contributed by atoms with Crippen molar-refractivity contribution < 1.29 is 18.8 Å². The summed E-state index contributed by atoms with van der Waals surface area (Å²) in [5.41, 5.74) is 2.03. The van der Waals surface area contributed by atoms with Gasteiger partial charge in [-0.1, -0.05) is 18.2 Å². The van der Waals surface area contributed by atoms with Gasteiger partial charge < -0.3 is 10.1 Å². The summed E-state index contributed by atoms with van der Waals surface area (Å²) >= 11 is 1.18. The summed E-state index contributed by atoms with van der Waals surface area (Å²) in [4.78, 5) is 27.5. The molecule has 1 saturated heterocycles. The van der Waals surface area contributed by atoms with Gasteiger partial charge in [0.1, 0.15) is 18.2 Å². The highest BCUT2D eigenvalue weighted by Crippen LogP contribution is 2.31. The van der Waals surface area contributed by atoms with Crippen molar-refractivity contribution in [2.24, 2.45) is 4.99 Å². The predicted octanol–water partition coefficient (Wildman–Crippen LogP) is 5.20. The van der Waals surface area contributed by atoms with Gasteiger partial charge in [0.15, 0.2) is 5.17 Å². The van der Waals surface area contributed by atoms with Gasteiger partial charge in [0.25, 0.3) is 11.6 Å². The second-order valence-corrected chi connectivity index (χ2v) is 7.74. The molecule has 0 spiro atoms. The predicted molar refractivity (Wildman–Crippen MR) is 121 cm³/mol. The maximum atomic E-state index is 13.1. The molecule has 1 fully saturated rings. The van der Waals surface area contributed by atoms with Crippen LogP contribution in [-0.2, 0) is 11.4 Å². The standard InChI is InChI=1S/C23H16FN3O4S/c24-17-7-9-18(10-8-17)25-23-26-22(28)21(32-23)13-16-3-1-2-4-20(16)31-14-15-5-11-19(12-6-15)27(29)30/h1-13H,14H2,(H,25,26,28)/b21-13+. The van der Waals surface area contributed by atoms with Crippen LogP contribution < -0.4 is 10.1 Å². The third kappa shape index (κ3) is 5.19. The Hall–Kier alpha value is -3.98. The molecule has 3 aromatic carbocycles. The van der Waals surface area contributed by atoms with Crippen molar-refractivity contribution >= 4 is 40.3 Å². The molecule has 4 rings (SSSR count). The zero-order chi connectivity index (χ0) is 22.5. The molecule has 1 heterocycles. The number of halogens is 1. The largest absolute Gasteiger partial charge is 0.488 e. The molecule has 160 valence electrons. The van der Waals surface area contributed by atoms with E-state index in [4.69, 9.17) is 4.74 Å². The fourth-order valence-corrected chi connectivity index (χ4v) is 3.69. The van der Waals surface area contributed by atoms with Gasteiger partial charge in [-0.2, -0.15) is 0 Å². The molecular weight excluding hydrogens is 433 g/mol. The minimum absolute atomic E-state index is 0.0151.